The number of nitrogens with one attached hydrogen (secondary N) is 1. The number of anilines is 1. The van der Waals surface area contributed by atoms with Crippen molar-refractivity contribution >= 4 is 17.4 Å². The molecule has 0 aromatic carbocycles. The van der Waals surface area contributed by atoms with E-state index in [1.54, 1.807) is 0 Å². The van der Waals surface area contributed by atoms with Crippen molar-refractivity contribution in [1.29, 1.82) is 0 Å². The van der Waals surface area contributed by atoms with E-state index < -0.39 is 0 Å². The second-order valence-corrected chi connectivity index (χ2v) is 3.85. The van der Waals surface area contributed by atoms with Gasteiger partial charge in [-0.15, -0.1) is 0 Å². The second-order valence-electron chi connectivity index (χ2n) is 3.51. The van der Waals surface area contributed by atoms with Gasteiger partial charge in [-0.1, -0.05) is 0 Å². The first kappa shape index (κ1) is 12.2. The second kappa shape index (κ2) is 5.88. The molecule has 4 nitrogen and oxygen atoms in total. The molecule has 1 N–H and O–H groups in total. The SMILES string of the molecule is Cc1cc(NCCOC(C)C)nc(Cl)n1. The van der Waals surface area contributed by atoms with Crippen LogP contribution in [0.1, 0.15) is 19.5 Å². The van der Waals surface area contributed by atoms with E-state index >= 15 is 0 Å². The number of rotatable bonds is 5. The highest BCUT2D eigenvalue weighted by Crippen LogP contribution is 2.09. The minimum Gasteiger partial charge on any atom is -0.377 e. The van der Waals surface area contributed by atoms with Crippen molar-refractivity contribution in [1.82, 2.24) is 9.97 Å². The summed E-state index contributed by atoms with van der Waals surface area (Å²) >= 11 is 5.72. The minimum absolute atomic E-state index is 0.252. The van der Waals surface area contributed by atoms with Crippen LogP contribution in [0, 0.1) is 6.92 Å². The van der Waals surface area contributed by atoms with Gasteiger partial charge in [0.25, 0.3) is 0 Å². The summed E-state index contributed by atoms with van der Waals surface area (Å²) in [4.78, 5) is 8.01. The monoisotopic (exact) mass is 229 g/mol. The number of hydrogen-bond acceptors (Lipinski definition) is 4. The van der Waals surface area contributed by atoms with E-state index in [1.165, 1.54) is 0 Å². The largest absolute Gasteiger partial charge is 0.377 e. The molecule has 0 aliphatic rings. The molecule has 1 rings (SSSR count). The Morgan fingerprint density at radius 3 is 2.80 bits per heavy atom. The average molecular weight is 230 g/mol. The van der Waals surface area contributed by atoms with Gasteiger partial charge < -0.3 is 10.1 Å². The molecule has 0 aliphatic carbocycles. The first-order valence-electron chi connectivity index (χ1n) is 4.94. The lowest BCUT2D eigenvalue weighted by atomic mass is 10.4. The van der Waals surface area contributed by atoms with Crippen LogP contribution in [0.3, 0.4) is 0 Å². The van der Waals surface area contributed by atoms with E-state index in [-0.39, 0.29) is 11.4 Å². The van der Waals surface area contributed by atoms with Gasteiger partial charge >= 0.3 is 0 Å². The fourth-order valence-corrected chi connectivity index (χ4v) is 1.32. The van der Waals surface area contributed by atoms with Crippen molar-refractivity contribution < 1.29 is 4.74 Å². The third kappa shape index (κ3) is 4.95. The number of ether oxygens (including phenoxy) is 1. The molecular weight excluding hydrogens is 214 g/mol. The molecule has 0 unspecified atom stereocenters. The standard InChI is InChI=1S/C10H16ClN3O/c1-7(2)15-5-4-12-9-6-8(3)13-10(11)14-9/h6-7H,4-5H2,1-3H3,(H,12,13,14). The topological polar surface area (TPSA) is 47.0 Å². The van der Waals surface area contributed by atoms with Crippen molar-refractivity contribution in [3.63, 3.8) is 0 Å². The van der Waals surface area contributed by atoms with Crippen LogP contribution in [0.25, 0.3) is 0 Å². The lowest BCUT2D eigenvalue weighted by Gasteiger charge is -2.09. The van der Waals surface area contributed by atoms with Crippen molar-refractivity contribution in [2.45, 2.75) is 26.9 Å². The molecular formula is C10H16ClN3O. The maximum absolute atomic E-state index is 5.72. The number of nitrogens with zero attached hydrogens (tertiary/aromatic N) is 2. The van der Waals surface area contributed by atoms with E-state index in [2.05, 4.69) is 15.3 Å². The molecule has 84 valence electrons. The molecule has 0 aliphatic heterocycles. The Morgan fingerprint density at radius 2 is 2.20 bits per heavy atom. The third-order valence-corrected chi connectivity index (χ3v) is 1.86. The van der Waals surface area contributed by atoms with Crippen molar-refractivity contribution in [2.75, 3.05) is 18.5 Å². The highest BCUT2D eigenvalue weighted by Gasteiger charge is 1.99. The van der Waals surface area contributed by atoms with Crippen LogP contribution >= 0.6 is 11.6 Å². The zero-order valence-corrected chi connectivity index (χ0v) is 10.0. The first-order valence-corrected chi connectivity index (χ1v) is 5.32. The summed E-state index contributed by atoms with van der Waals surface area (Å²) in [6.07, 6.45) is 0.252. The molecule has 0 spiro atoms. The van der Waals surface area contributed by atoms with Crippen LogP contribution < -0.4 is 5.32 Å². The van der Waals surface area contributed by atoms with Gasteiger partial charge in [0.15, 0.2) is 0 Å². The van der Waals surface area contributed by atoms with E-state index in [0.29, 0.717) is 13.2 Å². The molecule has 1 aromatic rings. The summed E-state index contributed by atoms with van der Waals surface area (Å²) in [6.45, 7) is 7.25. The van der Waals surface area contributed by atoms with Crippen molar-refractivity contribution in [3.8, 4) is 0 Å². The molecule has 0 saturated heterocycles. The summed E-state index contributed by atoms with van der Waals surface area (Å²) < 4.78 is 5.39. The molecule has 1 heterocycles. The van der Waals surface area contributed by atoms with Crippen LogP contribution in [0.2, 0.25) is 5.28 Å². The Kier molecular flexibility index (Phi) is 4.78. The highest BCUT2D eigenvalue weighted by molar-refractivity contribution is 6.28. The summed E-state index contributed by atoms with van der Waals surface area (Å²) in [6, 6.07) is 1.85. The maximum Gasteiger partial charge on any atom is 0.224 e. The Bertz CT molecular complexity index is 297. The van der Waals surface area contributed by atoms with E-state index in [0.717, 1.165) is 11.5 Å². The third-order valence-electron chi connectivity index (χ3n) is 1.69. The van der Waals surface area contributed by atoms with Gasteiger partial charge in [0.2, 0.25) is 5.28 Å². The molecule has 15 heavy (non-hydrogen) atoms. The Labute approximate surface area is 95.0 Å². The fourth-order valence-electron chi connectivity index (χ4n) is 1.10. The van der Waals surface area contributed by atoms with Gasteiger partial charge in [-0.3, -0.25) is 0 Å². The normalized spacial score (nSPS) is 10.7. The molecule has 0 radical (unpaired) electrons. The average Bonchev–Trinajstić information content (AvgIpc) is 2.10. The highest BCUT2D eigenvalue weighted by atomic mass is 35.5. The Morgan fingerprint density at radius 1 is 1.47 bits per heavy atom. The van der Waals surface area contributed by atoms with Gasteiger partial charge in [-0.05, 0) is 32.4 Å². The fraction of sp³-hybridized carbons (Fsp3) is 0.600. The van der Waals surface area contributed by atoms with E-state index in [9.17, 15) is 0 Å². The zero-order chi connectivity index (χ0) is 11.3. The summed E-state index contributed by atoms with van der Waals surface area (Å²) in [5, 5.41) is 3.39. The van der Waals surface area contributed by atoms with Crippen molar-refractivity contribution in [3.05, 3.63) is 17.0 Å². The van der Waals surface area contributed by atoms with Gasteiger partial charge in [0.05, 0.1) is 12.7 Å². The summed E-state index contributed by atoms with van der Waals surface area (Å²) in [7, 11) is 0. The van der Waals surface area contributed by atoms with Gasteiger partial charge in [-0.25, -0.2) is 9.97 Å². The van der Waals surface area contributed by atoms with Gasteiger partial charge in [-0.2, -0.15) is 0 Å². The molecule has 0 bridgehead atoms. The number of hydrogen-bond donors (Lipinski definition) is 1. The molecule has 5 heteroatoms. The van der Waals surface area contributed by atoms with Crippen molar-refractivity contribution in [2.24, 2.45) is 0 Å². The number of aryl methyl sites for hydroxylation is 1. The van der Waals surface area contributed by atoms with Crippen LogP contribution in [0.5, 0.6) is 0 Å². The predicted molar refractivity (Wildman–Crippen MR) is 61.4 cm³/mol. The van der Waals surface area contributed by atoms with E-state index in [1.807, 2.05) is 26.8 Å². The van der Waals surface area contributed by atoms with Crippen LogP contribution in [0.15, 0.2) is 6.07 Å². The summed E-state index contributed by atoms with van der Waals surface area (Å²) in [5.74, 6) is 0.736. The van der Waals surface area contributed by atoms with Crippen LogP contribution in [-0.2, 0) is 4.74 Å². The van der Waals surface area contributed by atoms with Gasteiger partial charge in [0, 0.05) is 18.3 Å². The smallest absolute Gasteiger partial charge is 0.224 e. The predicted octanol–water partition coefficient (Wildman–Crippen LogP) is 2.28. The summed E-state index contributed by atoms with van der Waals surface area (Å²) in [5.41, 5.74) is 0.849. The Hall–Kier alpha value is -0.870. The zero-order valence-electron chi connectivity index (χ0n) is 9.25. The first-order chi connectivity index (χ1) is 7.08. The number of halogens is 1. The van der Waals surface area contributed by atoms with Crippen LogP contribution in [0.4, 0.5) is 5.82 Å². The van der Waals surface area contributed by atoms with Gasteiger partial charge in [0.1, 0.15) is 5.82 Å². The molecule has 0 atom stereocenters. The molecule has 0 amide bonds. The quantitative estimate of drug-likeness (QED) is 0.622. The molecule has 0 fully saturated rings. The lowest BCUT2D eigenvalue weighted by Crippen LogP contribution is -2.14. The van der Waals surface area contributed by atoms with Crippen LogP contribution in [-0.4, -0.2) is 29.2 Å². The molecule has 1 aromatic heterocycles. The lowest BCUT2D eigenvalue weighted by molar-refractivity contribution is 0.0870. The Balaban J connectivity index is 2.37. The minimum atomic E-state index is 0.252. The maximum atomic E-state index is 5.72. The van der Waals surface area contributed by atoms with E-state index in [4.69, 9.17) is 16.3 Å². The number of aromatic nitrogens is 2. The molecule has 0 saturated carbocycles.